The summed E-state index contributed by atoms with van der Waals surface area (Å²) < 4.78 is 17.1. The summed E-state index contributed by atoms with van der Waals surface area (Å²) >= 11 is 1.44. The Bertz CT molecular complexity index is 1120. The Morgan fingerprint density at radius 1 is 1.19 bits per heavy atom. The third kappa shape index (κ3) is 4.37. The highest BCUT2D eigenvalue weighted by Gasteiger charge is 2.30. The number of aromatic amines is 1. The molecule has 8 heteroatoms. The number of ether oxygens (including phenoxy) is 3. The summed E-state index contributed by atoms with van der Waals surface area (Å²) in [5.74, 6) is 2.85. The molecular weight excluding hydrogens is 426 g/mol. The standard InChI is InChI=1S/C24H27N3O4S/c1-2-29-17-7-8-18-19(14-17)26-24(25-18)32-15-23(28)27-10-3-5-20(27)16-6-9-21-22(13-16)31-12-4-11-30-21/h6-9,13-14,20H,2-5,10-12,15H2,1H3,(H,25,26). The summed E-state index contributed by atoms with van der Waals surface area (Å²) in [6, 6.07) is 11.9. The van der Waals surface area contributed by atoms with E-state index in [1.807, 2.05) is 42.2 Å². The second-order valence-electron chi connectivity index (χ2n) is 7.94. The molecule has 1 N–H and O–H groups in total. The predicted octanol–water partition coefficient (Wildman–Crippen LogP) is 4.58. The van der Waals surface area contributed by atoms with Crippen molar-refractivity contribution in [3.63, 3.8) is 0 Å². The number of imidazole rings is 1. The summed E-state index contributed by atoms with van der Waals surface area (Å²) in [4.78, 5) is 23.0. The first-order chi connectivity index (χ1) is 15.7. The number of fused-ring (bicyclic) bond motifs is 2. The van der Waals surface area contributed by atoms with Crippen LogP contribution in [0.3, 0.4) is 0 Å². The minimum absolute atomic E-state index is 0.0738. The van der Waals surface area contributed by atoms with Crippen molar-refractivity contribution in [1.29, 1.82) is 0 Å². The van der Waals surface area contributed by atoms with E-state index in [0.29, 0.717) is 25.6 Å². The van der Waals surface area contributed by atoms with E-state index in [1.54, 1.807) is 0 Å². The molecule has 1 aromatic heterocycles. The van der Waals surface area contributed by atoms with E-state index in [1.165, 1.54) is 11.8 Å². The first-order valence-electron chi connectivity index (χ1n) is 11.2. The maximum absolute atomic E-state index is 13.1. The van der Waals surface area contributed by atoms with E-state index < -0.39 is 0 Å². The lowest BCUT2D eigenvalue weighted by Gasteiger charge is -2.25. The molecule has 2 aliphatic rings. The van der Waals surface area contributed by atoms with Gasteiger partial charge < -0.3 is 24.1 Å². The van der Waals surface area contributed by atoms with Crippen LogP contribution in [0.25, 0.3) is 11.0 Å². The molecule has 2 aromatic carbocycles. The van der Waals surface area contributed by atoms with Crippen molar-refractivity contribution in [1.82, 2.24) is 14.9 Å². The van der Waals surface area contributed by atoms with Gasteiger partial charge in [-0.2, -0.15) is 0 Å². The van der Waals surface area contributed by atoms with Crippen LogP contribution in [0.1, 0.15) is 37.8 Å². The maximum atomic E-state index is 13.1. The monoisotopic (exact) mass is 453 g/mol. The summed E-state index contributed by atoms with van der Waals surface area (Å²) in [7, 11) is 0. The lowest BCUT2D eigenvalue weighted by molar-refractivity contribution is -0.129. The van der Waals surface area contributed by atoms with Gasteiger partial charge in [0.2, 0.25) is 5.91 Å². The first kappa shape index (κ1) is 21.0. The van der Waals surface area contributed by atoms with Crippen LogP contribution in [-0.2, 0) is 4.79 Å². The average Bonchev–Trinajstić information content (AvgIpc) is 3.38. The third-order valence-electron chi connectivity index (χ3n) is 5.80. The minimum atomic E-state index is 0.0738. The van der Waals surface area contributed by atoms with Gasteiger partial charge in [-0.15, -0.1) is 0 Å². The topological polar surface area (TPSA) is 76.7 Å². The molecule has 5 rings (SSSR count). The van der Waals surface area contributed by atoms with E-state index in [4.69, 9.17) is 14.2 Å². The summed E-state index contributed by atoms with van der Waals surface area (Å²) in [6.45, 7) is 4.69. The molecule has 0 bridgehead atoms. The Labute approximate surface area is 191 Å². The molecule has 1 unspecified atom stereocenters. The largest absolute Gasteiger partial charge is 0.494 e. The molecule has 1 fully saturated rings. The van der Waals surface area contributed by atoms with Crippen molar-refractivity contribution < 1.29 is 19.0 Å². The van der Waals surface area contributed by atoms with Crippen LogP contribution in [0.4, 0.5) is 0 Å². The fraction of sp³-hybridized carbons (Fsp3) is 0.417. The van der Waals surface area contributed by atoms with Gasteiger partial charge in [-0.3, -0.25) is 4.79 Å². The van der Waals surface area contributed by atoms with Crippen molar-refractivity contribution in [2.75, 3.05) is 32.1 Å². The second kappa shape index (κ2) is 9.32. The van der Waals surface area contributed by atoms with Crippen molar-refractivity contribution in [2.45, 2.75) is 37.4 Å². The molecule has 0 radical (unpaired) electrons. The number of likely N-dealkylation sites (tertiary alicyclic amines) is 1. The van der Waals surface area contributed by atoms with E-state index in [0.717, 1.165) is 64.8 Å². The molecule has 1 amide bonds. The van der Waals surface area contributed by atoms with Crippen LogP contribution in [0, 0.1) is 0 Å². The molecule has 168 valence electrons. The molecule has 1 saturated heterocycles. The summed E-state index contributed by atoms with van der Waals surface area (Å²) in [6.07, 6.45) is 2.84. The summed E-state index contributed by atoms with van der Waals surface area (Å²) in [5.41, 5.74) is 2.89. The highest BCUT2D eigenvalue weighted by molar-refractivity contribution is 7.99. The van der Waals surface area contributed by atoms with Crippen LogP contribution in [0.2, 0.25) is 0 Å². The number of hydrogen-bond acceptors (Lipinski definition) is 6. The number of thioether (sulfide) groups is 1. The highest BCUT2D eigenvalue weighted by atomic mass is 32.2. The van der Waals surface area contributed by atoms with Gasteiger partial charge in [-0.25, -0.2) is 4.98 Å². The number of carbonyl (C=O) groups excluding carboxylic acids is 1. The Balaban J connectivity index is 1.26. The normalized spacial score (nSPS) is 18.0. The number of carbonyl (C=O) groups is 1. The molecule has 0 spiro atoms. The number of nitrogens with one attached hydrogen (secondary N) is 1. The Kier molecular flexibility index (Phi) is 6.12. The molecule has 1 atom stereocenters. The Hall–Kier alpha value is -2.87. The SMILES string of the molecule is CCOc1ccc2nc(SCC(=O)N3CCCC3c3ccc4c(c3)OCCCO4)[nH]c2c1. The maximum Gasteiger partial charge on any atom is 0.233 e. The highest BCUT2D eigenvalue weighted by Crippen LogP contribution is 2.38. The number of hydrogen-bond donors (Lipinski definition) is 1. The molecule has 3 heterocycles. The fourth-order valence-electron chi connectivity index (χ4n) is 4.30. The molecular formula is C24H27N3O4S. The van der Waals surface area contributed by atoms with Crippen LogP contribution < -0.4 is 14.2 Å². The van der Waals surface area contributed by atoms with Gasteiger partial charge in [0.05, 0.1) is 42.6 Å². The van der Waals surface area contributed by atoms with E-state index >= 15 is 0 Å². The second-order valence-corrected chi connectivity index (χ2v) is 8.91. The van der Waals surface area contributed by atoms with Gasteiger partial charge in [-0.1, -0.05) is 17.8 Å². The number of aromatic nitrogens is 2. The Morgan fingerprint density at radius 2 is 2.06 bits per heavy atom. The number of nitrogens with zero attached hydrogens (tertiary/aromatic N) is 2. The third-order valence-corrected chi connectivity index (χ3v) is 6.66. The molecule has 7 nitrogen and oxygen atoms in total. The smallest absolute Gasteiger partial charge is 0.233 e. The Morgan fingerprint density at radius 3 is 2.94 bits per heavy atom. The number of benzene rings is 2. The van der Waals surface area contributed by atoms with E-state index in [-0.39, 0.29) is 11.9 Å². The van der Waals surface area contributed by atoms with Crippen molar-refractivity contribution in [3.05, 3.63) is 42.0 Å². The van der Waals surface area contributed by atoms with Gasteiger partial charge in [0.15, 0.2) is 16.7 Å². The lowest BCUT2D eigenvalue weighted by atomic mass is 10.0. The molecule has 0 aliphatic carbocycles. The zero-order valence-corrected chi connectivity index (χ0v) is 19.0. The van der Waals surface area contributed by atoms with Gasteiger partial charge >= 0.3 is 0 Å². The zero-order valence-electron chi connectivity index (χ0n) is 18.1. The van der Waals surface area contributed by atoms with Crippen molar-refractivity contribution in [3.8, 4) is 17.2 Å². The fourth-order valence-corrected chi connectivity index (χ4v) is 5.07. The molecule has 2 aliphatic heterocycles. The number of H-pyrrole nitrogens is 1. The van der Waals surface area contributed by atoms with Gasteiger partial charge in [-0.05, 0) is 49.6 Å². The lowest BCUT2D eigenvalue weighted by Crippen LogP contribution is -2.32. The number of rotatable bonds is 6. The van der Waals surface area contributed by atoms with Crippen LogP contribution in [0.5, 0.6) is 17.2 Å². The van der Waals surface area contributed by atoms with Crippen LogP contribution in [0.15, 0.2) is 41.6 Å². The van der Waals surface area contributed by atoms with E-state index in [2.05, 4.69) is 16.0 Å². The zero-order chi connectivity index (χ0) is 21.9. The molecule has 0 saturated carbocycles. The van der Waals surface area contributed by atoms with Crippen molar-refractivity contribution >= 4 is 28.7 Å². The first-order valence-corrected chi connectivity index (χ1v) is 12.1. The van der Waals surface area contributed by atoms with E-state index in [9.17, 15) is 4.79 Å². The minimum Gasteiger partial charge on any atom is -0.494 e. The van der Waals surface area contributed by atoms with Crippen molar-refractivity contribution in [2.24, 2.45) is 0 Å². The predicted molar refractivity (Wildman–Crippen MR) is 124 cm³/mol. The van der Waals surface area contributed by atoms with Crippen LogP contribution in [-0.4, -0.2) is 52.9 Å². The van der Waals surface area contributed by atoms with Gasteiger partial charge in [0.25, 0.3) is 0 Å². The summed E-state index contributed by atoms with van der Waals surface area (Å²) in [5, 5.41) is 0.744. The average molecular weight is 454 g/mol. The molecule has 32 heavy (non-hydrogen) atoms. The van der Waals surface area contributed by atoms with Gasteiger partial charge in [0, 0.05) is 19.0 Å². The van der Waals surface area contributed by atoms with Gasteiger partial charge in [0.1, 0.15) is 5.75 Å². The molecule has 3 aromatic rings. The number of amides is 1. The quantitative estimate of drug-likeness (QED) is 0.551. The van der Waals surface area contributed by atoms with Crippen LogP contribution >= 0.6 is 11.8 Å².